The molecule has 0 aromatic heterocycles. The summed E-state index contributed by atoms with van der Waals surface area (Å²) in [5, 5.41) is 7.01. The summed E-state index contributed by atoms with van der Waals surface area (Å²) in [5.74, 6) is -0.0346. The van der Waals surface area contributed by atoms with Crippen molar-refractivity contribution in [3.8, 4) is 0 Å². The van der Waals surface area contributed by atoms with E-state index in [1.807, 2.05) is 19.9 Å². The SMILES string of the molecule is CNCC(=O)NC(C)(C)Cc1ccc(Cl)cc1Cl. The Bertz CT molecular complexity index is 433. The number of hydrogen-bond acceptors (Lipinski definition) is 2. The Hall–Kier alpha value is -0.770. The van der Waals surface area contributed by atoms with Crippen LogP contribution >= 0.6 is 23.2 Å². The summed E-state index contributed by atoms with van der Waals surface area (Å²) < 4.78 is 0. The van der Waals surface area contributed by atoms with Gasteiger partial charge in [-0.2, -0.15) is 0 Å². The molecule has 0 aliphatic rings. The molecule has 0 aliphatic heterocycles. The van der Waals surface area contributed by atoms with Gasteiger partial charge in [0.15, 0.2) is 0 Å². The van der Waals surface area contributed by atoms with Crippen molar-refractivity contribution in [1.82, 2.24) is 10.6 Å². The second kappa shape index (κ2) is 6.41. The van der Waals surface area contributed by atoms with Crippen LogP contribution in [0.2, 0.25) is 10.0 Å². The summed E-state index contributed by atoms with van der Waals surface area (Å²) in [4.78, 5) is 11.6. The third kappa shape index (κ3) is 4.84. The molecule has 0 fully saturated rings. The number of halogens is 2. The van der Waals surface area contributed by atoms with E-state index < -0.39 is 0 Å². The van der Waals surface area contributed by atoms with Gasteiger partial charge in [0.05, 0.1) is 6.54 Å². The van der Waals surface area contributed by atoms with E-state index in [2.05, 4.69) is 10.6 Å². The first-order valence-corrected chi connectivity index (χ1v) is 6.49. The molecule has 1 amide bonds. The highest BCUT2D eigenvalue weighted by molar-refractivity contribution is 6.35. The van der Waals surface area contributed by atoms with Crippen LogP contribution in [0.3, 0.4) is 0 Å². The first-order chi connectivity index (χ1) is 8.34. The van der Waals surface area contributed by atoms with Crippen molar-refractivity contribution in [2.24, 2.45) is 0 Å². The Morgan fingerprint density at radius 1 is 1.33 bits per heavy atom. The second-order valence-electron chi connectivity index (χ2n) is 4.87. The molecule has 0 aliphatic carbocycles. The highest BCUT2D eigenvalue weighted by Gasteiger charge is 2.21. The molecular weight excluding hydrogens is 271 g/mol. The predicted molar refractivity (Wildman–Crippen MR) is 76.3 cm³/mol. The zero-order valence-corrected chi connectivity index (χ0v) is 12.3. The predicted octanol–water partition coefficient (Wildman–Crippen LogP) is 2.65. The number of carbonyl (C=O) groups is 1. The van der Waals surface area contributed by atoms with Gasteiger partial charge >= 0.3 is 0 Å². The van der Waals surface area contributed by atoms with Gasteiger partial charge < -0.3 is 10.6 Å². The molecule has 1 aromatic carbocycles. The summed E-state index contributed by atoms with van der Waals surface area (Å²) in [5.41, 5.74) is 0.613. The van der Waals surface area contributed by atoms with Crippen molar-refractivity contribution in [2.75, 3.05) is 13.6 Å². The number of amides is 1. The number of benzene rings is 1. The van der Waals surface area contributed by atoms with Crippen molar-refractivity contribution < 1.29 is 4.79 Å². The van der Waals surface area contributed by atoms with Crippen LogP contribution < -0.4 is 10.6 Å². The van der Waals surface area contributed by atoms with Crippen molar-refractivity contribution in [3.63, 3.8) is 0 Å². The number of hydrogen-bond donors (Lipinski definition) is 2. The van der Waals surface area contributed by atoms with Crippen molar-refractivity contribution in [3.05, 3.63) is 33.8 Å². The molecule has 0 radical (unpaired) electrons. The maximum absolute atomic E-state index is 11.6. The molecule has 100 valence electrons. The van der Waals surface area contributed by atoms with Crippen LogP contribution in [0.25, 0.3) is 0 Å². The minimum absolute atomic E-state index is 0.0346. The average molecular weight is 289 g/mol. The fourth-order valence-electron chi connectivity index (χ4n) is 1.77. The standard InChI is InChI=1S/C13H18Cl2N2O/c1-13(2,17-12(18)8-16-3)7-9-4-5-10(14)6-11(9)15/h4-6,16H,7-8H2,1-3H3,(H,17,18). The molecular formula is C13H18Cl2N2O. The molecule has 2 N–H and O–H groups in total. The van der Waals surface area contributed by atoms with E-state index in [1.165, 1.54) is 0 Å². The monoisotopic (exact) mass is 288 g/mol. The normalized spacial score (nSPS) is 11.4. The smallest absolute Gasteiger partial charge is 0.234 e. The largest absolute Gasteiger partial charge is 0.350 e. The summed E-state index contributed by atoms with van der Waals surface area (Å²) in [6.45, 7) is 4.23. The lowest BCUT2D eigenvalue weighted by atomic mass is 9.95. The molecule has 0 saturated heterocycles. The van der Waals surface area contributed by atoms with Crippen LogP contribution in [0.1, 0.15) is 19.4 Å². The van der Waals surface area contributed by atoms with E-state index >= 15 is 0 Å². The maximum atomic E-state index is 11.6. The van der Waals surface area contributed by atoms with Gasteiger partial charge in [-0.3, -0.25) is 4.79 Å². The van der Waals surface area contributed by atoms with Gasteiger partial charge in [-0.25, -0.2) is 0 Å². The fraction of sp³-hybridized carbons (Fsp3) is 0.462. The lowest BCUT2D eigenvalue weighted by molar-refractivity contribution is -0.121. The van der Waals surface area contributed by atoms with Crippen LogP contribution in [0.15, 0.2) is 18.2 Å². The zero-order chi connectivity index (χ0) is 13.8. The van der Waals surface area contributed by atoms with Crippen LogP contribution in [0.5, 0.6) is 0 Å². The molecule has 5 heteroatoms. The summed E-state index contributed by atoms with van der Waals surface area (Å²) in [7, 11) is 1.74. The topological polar surface area (TPSA) is 41.1 Å². The molecule has 0 atom stereocenters. The lowest BCUT2D eigenvalue weighted by Crippen LogP contribution is -2.47. The van der Waals surface area contributed by atoms with Gasteiger partial charge in [-0.1, -0.05) is 29.3 Å². The number of rotatable bonds is 5. The first-order valence-electron chi connectivity index (χ1n) is 5.73. The Kier molecular flexibility index (Phi) is 5.45. The molecule has 1 aromatic rings. The van der Waals surface area contributed by atoms with Crippen molar-refractivity contribution in [1.29, 1.82) is 0 Å². The number of likely N-dealkylation sites (N-methyl/N-ethyl adjacent to an activating group) is 1. The Morgan fingerprint density at radius 3 is 2.56 bits per heavy atom. The van der Waals surface area contributed by atoms with Crippen molar-refractivity contribution in [2.45, 2.75) is 25.8 Å². The lowest BCUT2D eigenvalue weighted by Gasteiger charge is -2.27. The van der Waals surface area contributed by atoms with E-state index in [0.717, 1.165) is 5.56 Å². The minimum Gasteiger partial charge on any atom is -0.350 e. The first kappa shape index (κ1) is 15.3. The summed E-state index contributed by atoms with van der Waals surface area (Å²) >= 11 is 12.0. The maximum Gasteiger partial charge on any atom is 0.234 e. The molecule has 3 nitrogen and oxygen atoms in total. The van der Waals surface area contributed by atoms with Gasteiger partial charge in [0.1, 0.15) is 0 Å². The molecule has 0 spiro atoms. The second-order valence-corrected chi connectivity index (χ2v) is 5.72. The third-order valence-electron chi connectivity index (χ3n) is 2.46. The molecule has 0 saturated carbocycles. The van der Waals surface area contributed by atoms with Gasteiger partial charge in [0.25, 0.3) is 0 Å². The highest BCUT2D eigenvalue weighted by atomic mass is 35.5. The highest BCUT2D eigenvalue weighted by Crippen LogP contribution is 2.24. The van der Waals surface area contributed by atoms with Gasteiger partial charge in [0, 0.05) is 15.6 Å². The fourth-order valence-corrected chi connectivity index (χ4v) is 2.24. The van der Waals surface area contributed by atoms with Crippen LogP contribution in [0, 0.1) is 0 Å². The molecule has 0 unspecified atom stereocenters. The summed E-state index contributed by atoms with van der Waals surface area (Å²) in [6, 6.07) is 5.40. The van der Waals surface area contributed by atoms with E-state index in [4.69, 9.17) is 23.2 Å². The number of nitrogens with one attached hydrogen (secondary N) is 2. The van der Waals surface area contributed by atoms with Crippen LogP contribution in [0.4, 0.5) is 0 Å². The minimum atomic E-state index is -0.356. The summed E-state index contributed by atoms with van der Waals surface area (Å²) in [6.07, 6.45) is 0.651. The Morgan fingerprint density at radius 2 is 2.00 bits per heavy atom. The molecule has 1 rings (SSSR count). The molecule has 0 bridgehead atoms. The van der Waals surface area contributed by atoms with E-state index in [1.54, 1.807) is 19.2 Å². The van der Waals surface area contributed by atoms with E-state index in [0.29, 0.717) is 23.0 Å². The molecule has 0 heterocycles. The van der Waals surface area contributed by atoms with Crippen molar-refractivity contribution >= 4 is 29.1 Å². The van der Waals surface area contributed by atoms with Crippen LogP contribution in [-0.4, -0.2) is 25.0 Å². The van der Waals surface area contributed by atoms with Gasteiger partial charge in [0.2, 0.25) is 5.91 Å². The van der Waals surface area contributed by atoms with Gasteiger partial charge in [-0.15, -0.1) is 0 Å². The van der Waals surface area contributed by atoms with E-state index in [-0.39, 0.29) is 11.4 Å². The van der Waals surface area contributed by atoms with Crippen LogP contribution in [-0.2, 0) is 11.2 Å². The Labute approximate surface area is 118 Å². The zero-order valence-electron chi connectivity index (χ0n) is 10.8. The number of carbonyl (C=O) groups excluding carboxylic acids is 1. The third-order valence-corrected chi connectivity index (χ3v) is 3.05. The Balaban J connectivity index is 2.72. The van der Waals surface area contributed by atoms with E-state index in [9.17, 15) is 4.79 Å². The van der Waals surface area contributed by atoms with Gasteiger partial charge in [-0.05, 0) is 45.0 Å². The quantitative estimate of drug-likeness (QED) is 0.875. The molecule has 18 heavy (non-hydrogen) atoms. The average Bonchev–Trinajstić information content (AvgIpc) is 2.21.